The van der Waals surface area contributed by atoms with E-state index in [1.807, 2.05) is 59.9 Å². The van der Waals surface area contributed by atoms with Crippen LogP contribution in [0.3, 0.4) is 0 Å². The zero-order valence-corrected chi connectivity index (χ0v) is 43.2. The van der Waals surface area contributed by atoms with E-state index in [0.717, 1.165) is 38.7 Å². The van der Waals surface area contributed by atoms with Crippen LogP contribution in [-0.4, -0.2) is 42.8 Å². The molecule has 0 aliphatic heterocycles. The Kier molecular flexibility index (Phi) is 22.0. The van der Waals surface area contributed by atoms with Crippen molar-refractivity contribution in [2.75, 3.05) is 11.3 Å². The predicted molar refractivity (Wildman–Crippen MR) is 278 cm³/mol. The van der Waals surface area contributed by atoms with Crippen molar-refractivity contribution in [1.29, 1.82) is 5.26 Å². The number of thioether (sulfide) groups is 2. The smallest absolute Gasteiger partial charge is 0.254 e. The van der Waals surface area contributed by atoms with Gasteiger partial charge in [0, 0.05) is 41.2 Å². The molecule has 348 valence electrons. The minimum absolute atomic E-state index is 0.00231. The molecule has 1 atom stereocenters. The molecule has 4 aromatic carbocycles. The Balaban J connectivity index is 0.000000239. The van der Waals surface area contributed by atoms with E-state index in [4.69, 9.17) is 17.5 Å². The molecule has 6 rings (SSSR count). The lowest BCUT2D eigenvalue weighted by atomic mass is 9.95. The number of nitriles is 1. The summed E-state index contributed by atoms with van der Waals surface area (Å²) in [6, 6.07) is 27.3. The first kappa shape index (κ1) is 54.7. The maximum absolute atomic E-state index is 12.0. The number of benzene rings is 4. The number of aromatic nitrogens is 4. The summed E-state index contributed by atoms with van der Waals surface area (Å²) < 4.78 is 0.380. The van der Waals surface area contributed by atoms with Gasteiger partial charge in [0.05, 0.1) is 24.1 Å². The molecule has 0 radical (unpaired) electrons. The molecule has 0 aliphatic carbocycles. The van der Waals surface area contributed by atoms with Crippen molar-refractivity contribution < 1.29 is 9.59 Å². The van der Waals surface area contributed by atoms with Gasteiger partial charge in [-0.1, -0.05) is 129 Å². The van der Waals surface area contributed by atoms with Crippen molar-refractivity contribution in [3.05, 3.63) is 188 Å². The monoisotopic (exact) mass is 943 g/mol. The predicted octanol–water partition coefficient (Wildman–Crippen LogP) is 11.7. The lowest BCUT2D eigenvalue weighted by Gasteiger charge is -2.09. The normalized spacial score (nSPS) is 10.8. The summed E-state index contributed by atoms with van der Waals surface area (Å²) in [4.78, 5) is 59.6. The fourth-order valence-electron chi connectivity index (χ4n) is 7.44. The second-order valence-corrected chi connectivity index (χ2v) is 19.8. The minimum atomic E-state index is -0.485. The molecule has 0 spiro atoms. The van der Waals surface area contributed by atoms with Gasteiger partial charge in [-0.25, -0.2) is 4.98 Å². The summed E-state index contributed by atoms with van der Waals surface area (Å²) in [6.45, 7) is 23.2. The molecule has 66 heavy (non-hydrogen) atoms. The molecule has 3 N–H and O–H groups in total. The zero-order chi connectivity index (χ0) is 49.2. The van der Waals surface area contributed by atoms with Gasteiger partial charge < -0.3 is 9.97 Å². The van der Waals surface area contributed by atoms with Crippen LogP contribution in [0.5, 0.6) is 0 Å². The summed E-state index contributed by atoms with van der Waals surface area (Å²) in [7, 11) is 0. The fourth-order valence-corrected chi connectivity index (χ4v) is 8.91. The third-order valence-electron chi connectivity index (χ3n) is 10.5. The number of rotatable bonds is 12. The van der Waals surface area contributed by atoms with Gasteiger partial charge >= 0.3 is 0 Å². The number of aryl methyl sites for hydroxylation is 8. The average Bonchev–Trinajstić information content (AvgIpc) is 3.20. The molecule has 0 aliphatic rings. The van der Waals surface area contributed by atoms with E-state index in [9.17, 15) is 19.2 Å². The van der Waals surface area contributed by atoms with Gasteiger partial charge in [-0.2, -0.15) is 17.0 Å². The number of carbonyl (C=O) groups excluding carboxylic acids is 2. The van der Waals surface area contributed by atoms with Crippen molar-refractivity contribution in [2.24, 2.45) is 5.92 Å². The van der Waals surface area contributed by atoms with Gasteiger partial charge in [0.2, 0.25) is 0 Å². The molecular weight excluding hydrogens is 879 g/mol. The Hall–Kier alpha value is -5.61. The lowest BCUT2D eigenvalue weighted by Crippen LogP contribution is -2.20. The number of hydrogen-bond donors (Lipinski definition) is 3. The number of nitrogens with one attached hydrogen (secondary N) is 3. The summed E-state index contributed by atoms with van der Waals surface area (Å²) in [5.74, 6) is -0.548. The molecule has 12 heteroatoms. The van der Waals surface area contributed by atoms with Crippen LogP contribution in [0.2, 0.25) is 0 Å². The summed E-state index contributed by atoms with van der Waals surface area (Å²) >= 11 is 8.30. The first-order valence-electron chi connectivity index (χ1n) is 21.8. The van der Waals surface area contributed by atoms with Crippen molar-refractivity contribution in [3.8, 4) is 6.07 Å². The van der Waals surface area contributed by atoms with Crippen LogP contribution in [0.1, 0.15) is 103 Å². The molecule has 0 saturated carbocycles. The Morgan fingerprint density at radius 1 is 0.636 bits per heavy atom. The molecule has 0 saturated heterocycles. The molecule has 1 unspecified atom stereocenters. The quantitative estimate of drug-likeness (QED) is 0.0358. The van der Waals surface area contributed by atoms with Crippen molar-refractivity contribution in [2.45, 2.75) is 114 Å². The second kappa shape index (κ2) is 26.5. The van der Waals surface area contributed by atoms with E-state index in [1.54, 1.807) is 30.4 Å². The lowest BCUT2D eigenvalue weighted by molar-refractivity contribution is -0.130. The Bertz CT molecular complexity index is 2790. The fraction of sp³-hybridized carbons (Fsp3) is 0.352. The Morgan fingerprint density at radius 2 is 1.06 bits per heavy atom. The van der Waals surface area contributed by atoms with Crippen molar-refractivity contribution in [1.82, 2.24) is 19.9 Å². The van der Waals surface area contributed by atoms with E-state index >= 15 is 0 Å². The van der Waals surface area contributed by atoms with E-state index in [-0.39, 0.29) is 22.7 Å². The molecule has 2 heterocycles. The largest absolute Gasteiger partial charge is 0.335 e. The van der Waals surface area contributed by atoms with E-state index in [1.165, 1.54) is 51.4 Å². The van der Waals surface area contributed by atoms with Gasteiger partial charge in [-0.05, 0) is 124 Å². The topological polar surface area (TPSA) is 152 Å². The van der Waals surface area contributed by atoms with Gasteiger partial charge in [-0.15, -0.1) is 0 Å². The van der Waals surface area contributed by atoms with Gasteiger partial charge in [-0.3, -0.25) is 24.2 Å². The van der Waals surface area contributed by atoms with E-state index in [2.05, 4.69) is 114 Å². The molecule has 0 bridgehead atoms. The molecule has 9 nitrogen and oxygen atoms in total. The van der Waals surface area contributed by atoms with E-state index < -0.39 is 5.92 Å². The number of nitrogens with zero attached hydrogens (tertiary/aromatic N) is 2. The molecule has 0 fully saturated rings. The number of H-pyrrole nitrogens is 3. The molecule has 2 aromatic heterocycles. The van der Waals surface area contributed by atoms with Crippen LogP contribution in [0.4, 0.5) is 0 Å². The van der Waals surface area contributed by atoms with Crippen LogP contribution in [0, 0.1) is 91.3 Å². The van der Waals surface area contributed by atoms with Crippen molar-refractivity contribution in [3.63, 3.8) is 0 Å². The van der Waals surface area contributed by atoms with Crippen molar-refractivity contribution >= 4 is 47.3 Å². The van der Waals surface area contributed by atoms with Gasteiger partial charge in [0.15, 0.2) is 9.93 Å². The van der Waals surface area contributed by atoms with Gasteiger partial charge in [0.1, 0.15) is 11.6 Å². The zero-order valence-electron chi connectivity index (χ0n) is 40.8. The molecular formula is C54H65N5O4S3. The maximum atomic E-state index is 12.0. The second-order valence-electron chi connectivity index (χ2n) is 17.2. The summed E-state index contributed by atoms with van der Waals surface area (Å²) in [6.07, 6.45) is 4.30. The number of ketones is 2. The van der Waals surface area contributed by atoms with Crippen LogP contribution < -0.4 is 11.1 Å². The number of carbonyl (C=O) groups is 2. The Morgan fingerprint density at radius 3 is 1.50 bits per heavy atom. The highest BCUT2D eigenvalue weighted by Crippen LogP contribution is 2.20. The van der Waals surface area contributed by atoms with Crippen LogP contribution in [0.25, 0.3) is 0 Å². The summed E-state index contributed by atoms with van der Waals surface area (Å²) in [5.41, 5.74) is 17.2. The first-order chi connectivity index (χ1) is 31.1. The highest BCUT2D eigenvalue weighted by Gasteiger charge is 2.18. The SMILES string of the molecule is CC(=O)C(C)C(=O)Cc1cc(C)cc(C)c1.CSCSc1nc(Cc2cc(C)cc(C)c2)c(C)c(=O)[nH]1.Cc1cc(C)cc(CC#N)c1.Cc1cc(C)cc(Cc2[nH]c(=S)[nH]c(=O)c2C)c1. The Labute approximate surface area is 404 Å². The van der Waals surface area contributed by atoms with Crippen LogP contribution in [0.15, 0.2) is 87.5 Å². The highest BCUT2D eigenvalue weighted by atomic mass is 32.2. The number of aromatic amines is 3. The average molecular weight is 944 g/mol. The molecule has 6 aromatic rings. The number of Topliss-reactive ketones (excluding diaryl/α,β-unsaturated/α-hetero) is 2. The number of hydrogen-bond acceptors (Lipinski definition) is 9. The molecule has 0 amide bonds. The summed E-state index contributed by atoms with van der Waals surface area (Å²) in [5, 5.41) is 10.0. The maximum Gasteiger partial charge on any atom is 0.254 e. The highest BCUT2D eigenvalue weighted by molar-refractivity contribution is 8.15. The third kappa shape index (κ3) is 18.7. The van der Waals surface area contributed by atoms with E-state index in [0.29, 0.717) is 46.7 Å². The van der Waals surface area contributed by atoms with Crippen LogP contribution >= 0.6 is 35.7 Å². The van der Waals surface area contributed by atoms with Crippen LogP contribution in [-0.2, 0) is 35.3 Å². The minimum Gasteiger partial charge on any atom is -0.335 e. The van der Waals surface area contributed by atoms with Gasteiger partial charge in [0.25, 0.3) is 11.1 Å². The standard InChI is InChI=1S/C16H20N2OS2.C14H16N2OS.C14H18O2.C10H11N/c1-10-5-11(2)7-13(6-10)8-14-12(3)15(19)18-16(17-14)21-9-20-4;1-8-4-9(2)6-11(5-8)7-12-10(3)13(17)16-14(18)15-12;1-9-5-10(2)7-13(6-9)8-14(16)11(3)12(4)15;1-8-5-9(2)7-10(6-8)3-4-11/h5-7H,8-9H2,1-4H3,(H,17,18,19);4-6H,7H2,1-3H3,(H2,15,16,17,18);5-7,11H,8H2,1-4H3;5-7H,3H2,1-2H3. The first-order valence-corrected chi connectivity index (χ1v) is 24.6. The third-order valence-corrected chi connectivity index (χ3v) is 12.5.